The lowest BCUT2D eigenvalue weighted by molar-refractivity contribution is 0.270. The van der Waals surface area contributed by atoms with Crippen molar-refractivity contribution in [2.24, 2.45) is 5.92 Å². The SMILES string of the molecule is C[C@@H]1CCC[C@](C#N)(NS(=O)(=O)c2ccc(CC#N)cc2)C1. The Labute approximate surface area is 131 Å². The van der Waals surface area contributed by atoms with Crippen LogP contribution < -0.4 is 4.72 Å². The average Bonchev–Trinajstić information content (AvgIpc) is 2.48. The molecule has 0 heterocycles. The van der Waals surface area contributed by atoms with E-state index >= 15 is 0 Å². The van der Waals surface area contributed by atoms with Gasteiger partial charge in [-0.25, -0.2) is 8.42 Å². The van der Waals surface area contributed by atoms with E-state index in [0.29, 0.717) is 18.8 Å². The molecule has 1 N–H and O–H groups in total. The second-order valence-corrected chi connectivity index (χ2v) is 7.66. The van der Waals surface area contributed by atoms with Crippen LogP contribution in [0, 0.1) is 28.6 Å². The molecule has 0 aromatic heterocycles. The van der Waals surface area contributed by atoms with Crippen LogP contribution >= 0.6 is 0 Å². The van der Waals surface area contributed by atoms with Crippen LogP contribution in [0.3, 0.4) is 0 Å². The highest BCUT2D eigenvalue weighted by atomic mass is 32.2. The maximum atomic E-state index is 12.5. The molecule has 1 aromatic carbocycles. The first-order valence-corrected chi connectivity index (χ1v) is 8.80. The van der Waals surface area contributed by atoms with E-state index in [1.165, 1.54) is 12.1 Å². The van der Waals surface area contributed by atoms with Gasteiger partial charge in [0.2, 0.25) is 10.0 Å². The zero-order valence-electron chi connectivity index (χ0n) is 12.5. The molecular formula is C16H19N3O2S. The van der Waals surface area contributed by atoms with Crippen molar-refractivity contribution in [2.75, 3.05) is 0 Å². The first kappa shape index (κ1) is 16.5. The van der Waals surface area contributed by atoms with Crippen LogP contribution in [0.1, 0.15) is 38.2 Å². The molecule has 0 spiro atoms. The van der Waals surface area contributed by atoms with Gasteiger partial charge in [-0.3, -0.25) is 0 Å². The molecule has 1 aromatic rings. The summed E-state index contributed by atoms with van der Waals surface area (Å²) in [7, 11) is -3.74. The van der Waals surface area contributed by atoms with Crippen LogP contribution in [0.5, 0.6) is 0 Å². The normalized spacial score (nSPS) is 25.1. The van der Waals surface area contributed by atoms with Crippen molar-refractivity contribution in [3.8, 4) is 12.1 Å². The number of rotatable bonds is 4. The highest BCUT2D eigenvalue weighted by molar-refractivity contribution is 7.89. The third kappa shape index (κ3) is 3.65. The fourth-order valence-electron chi connectivity index (χ4n) is 2.96. The number of benzene rings is 1. The van der Waals surface area contributed by atoms with Crippen LogP contribution in [0.4, 0.5) is 0 Å². The van der Waals surface area contributed by atoms with Crippen molar-refractivity contribution in [1.82, 2.24) is 4.72 Å². The van der Waals surface area contributed by atoms with E-state index in [4.69, 9.17) is 5.26 Å². The molecule has 5 nitrogen and oxygen atoms in total. The van der Waals surface area contributed by atoms with Gasteiger partial charge in [0.15, 0.2) is 0 Å². The Kier molecular flexibility index (Phi) is 4.85. The highest BCUT2D eigenvalue weighted by Crippen LogP contribution is 2.33. The van der Waals surface area contributed by atoms with Gasteiger partial charge in [-0.05, 0) is 36.5 Å². The van der Waals surface area contributed by atoms with Gasteiger partial charge in [0.25, 0.3) is 0 Å². The van der Waals surface area contributed by atoms with Gasteiger partial charge in [0.1, 0.15) is 5.54 Å². The monoisotopic (exact) mass is 317 g/mol. The van der Waals surface area contributed by atoms with Crippen molar-refractivity contribution in [3.63, 3.8) is 0 Å². The fraction of sp³-hybridized carbons (Fsp3) is 0.500. The van der Waals surface area contributed by atoms with Gasteiger partial charge < -0.3 is 0 Å². The maximum absolute atomic E-state index is 12.5. The van der Waals surface area contributed by atoms with E-state index in [9.17, 15) is 13.7 Å². The third-order valence-electron chi connectivity index (χ3n) is 4.06. The van der Waals surface area contributed by atoms with Crippen LogP contribution in [0.2, 0.25) is 0 Å². The lowest BCUT2D eigenvalue weighted by Gasteiger charge is -2.34. The van der Waals surface area contributed by atoms with Crippen LogP contribution in [-0.2, 0) is 16.4 Å². The van der Waals surface area contributed by atoms with Gasteiger partial charge in [-0.2, -0.15) is 15.2 Å². The minimum atomic E-state index is -3.74. The Morgan fingerprint density at radius 2 is 2.00 bits per heavy atom. The van der Waals surface area contributed by atoms with E-state index in [0.717, 1.165) is 18.4 Å². The quantitative estimate of drug-likeness (QED) is 0.923. The fourth-order valence-corrected chi connectivity index (χ4v) is 4.32. The minimum Gasteiger partial charge on any atom is -0.207 e. The Hall–Kier alpha value is -1.89. The second kappa shape index (κ2) is 6.48. The van der Waals surface area contributed by atoms with Crippen molar-refractivity contribution in [1.29, 1.82) is 10.5 Å². The van der Waals surface area contributed by atoms with E-state index in [1.54, 1.807) is 12.1 Å². The highest BCUT2D eigenvalue weighted by Gasteiger charge is 2.39. The van der Waals surface area contributed by atoms with Crippen molar-refractivity contribution in [3.05, 3.63) is 29.8 Å². The topological polar surface area (TPSA) is 93.8 Å². The zero-order chi connectivity index (χ0) is 16.2. The van der Waals surface area contributed by atoms with E-state index in [-0.39, 0.29) is 11.3 Å². The van der Waals surface area contributed by atoms with Gasteiger partial charge in [-0.15, -0.1) is 0 Å². The van der Waals surface area contributed by atoms with Gasteiger partial charge in [0, 0.05) is 0 Å². The molecule has 0 aliphatic heterocycles. The van der Waals surface area contributed by atoms with Gasteiger partial charge in [-0.1, -0.05) is 31.9 Å². The molecule has 0 radical (unpaired) electrons. The van der Waals surface area contributed by atoms with E-state index in [1.807, 2.05) is 13.0 Å². The number of sulfonamides is 1. The maximum Gasteiger partial charge on any atom is 0.241 e. The summed E-state index contributed by atoms with van der Waals surface area (Å²) >= 11 is 0. The summed E-state index contributed by atoms with van der Waals surface area (Å²) in [6.07, 6.45) is 3.19. The molecule has 1 fully saturated rings. The summed E-state index contributed by atoms with van der Waals surface area (Å²) in [6, 6.07) is 10.4. The van der Waals surface area contributed by atoms with Gasteiger partial charge in [0.05, 0.1) is 23.5 Å². The average molecular weight is 317 g/mol. The molecule has 1 aliphatic rings. The molecule has 116 valence electrons. The lowest BCUT2D eigenvalue weighted by Crippen LogP contribution is -2.49. The first-order valence-electron chi connectivity index (χ1n) is 7.32. The molecule has 2 rings (SSSR count). The largest absolute Gasteiger partial charge is 0.241 e. The molecule has 6 heteroatoms. The summed E-state index contributed by atoms with van der Waals surface area (Å²) in [5, 5.41) is 18.1. The Morgan fingerprint density at radius 1 is 1.32 bits per heavy atom. The summed E-state index contributed by atoms with van der Waals surface area (Å²) < 4.78 is 27.6. The Balaban J connectivity index is 2.23. The number of nitrogens with one attached hydrogen (secondary N) is 1. The predicted molar refractivity (Wildman–Crippen MR) is 82.1 cm³/mol. The molecule has 1 saturated carbocycles. The number of nitrogens with zero attached hydrogens (tertiary/aromatic N) is 2. The first-order chi connectivity index (χ1) is 10.4. The van der Waals surface area contributed by atoms with Crippen molar-refractivity contribution < 1.29 is 8.42 Å². The lowest BCUT2D eigenvalue weighted by atomic mass is 9.78. The summed E-state index contributed by atoms with van der Waals surface area (Å²) in [4.78, 5) is 0.127. The molecule has 0 bridgehead atoms. The zero-order valence-corrected chi connectivity index (χ0v) is 13.4. The predicted octanol–water partition coefficient (Wildman–Crippen LogP) is 2.50. The number of hydrogen-bond acceptors (Lipinski definition) is 4. The third-order valence-corrected chi connectivity index (χ3v) is 5.61. The summed E-state index contributed by atoms with van der Waals surface area (Å²) in [6.45, 7) is 2.04. The van der Waals surface area contributed by atoms with Crippen molar-refractivity contribution >= 4 is 10.0 Å². The molecule has 2 atom stereocenters. The van der Waals surface area contributed by atoms with Crippen LogP contribution in [0.15, 0.2) is 29.2 Å². The minimum absolute atomic E-state index is 0.127. The summed E-state index contributed by atoms with van der Waals surface area (Å²) in [5.74, 6) is 0.328. The number of hydrogen-bond donors (Lipinski definition) is 1. The van der Waals surface area contributed by atoms with Crippen LogP contribution in [-0.4, -0.2) is 14.0 Å². The standard InChI is InChI=1S/C16H19N3O2S/c1-13-3-2-9-16(11-13,12-18)19-22(20,21)15-6-4-14(5-7-15)8-10-17/h4-7,13,19H,2-3,8-9,11H2,1H3/t13-,16+/m1/s1. The molecule has 0 saturated heterocycles. The smallest absolute Gasteiger partial charge is 0.207 e. The van der Waals surface area contributed by atoms with Crippen molar-refractivity contribution in [2.45, 2.75) is 49.5 Å². The number of nitriles is 2. The molecule has 1 aliphatic carbocycles. The second-order valence-electron chi connectivity index (χ2n) is 5.98. The Morgan fingerprint density at radius 3 is 2.55 bits per heavy atom. The molecule has 0 amide bonds. The molecular weight excluding hydrogens is 298 g/mol. The van der Waals surface area contributed by atoms with Crippen LogP contribution in [0.25, 0.3) is 0 Å². The summed E-state index contributed by atoms with van der Waals surface area (Å²) in [5.41, 5.74) is -0.246. The van der Waals surface area contributed by atoms with E-state index in [2.05, 4.69) is 10.8 Å². The Bertz CT molecular complexity index is 713. The molecule has 0 unspecified atom stereocenters. The molecule has 22 heavy (non-hydrogen) atoms. The van der Waals surface area contributed by atoms with Gasteiger partial charge >= 0.3 is 0 Å². The van der Waals surface area contributed by atoms with E-state index < -0.39 is 15.6 Å².